The van der Waals surface area contributed by atoms with E-state index < -0.39 is 0 Å². The normalized spacial score (nSPS) is 10.4. The Bertz CT molecular complexity index is 1020. The molecule has 0 aromatic heterocycles. The number of anilines is 3. The maximum Gasteiger partial charge on any atom is 0.261 e. The third-order valence-corrected chi connectivity index (χ3v) is 4.68. The topological polar surface area (TPSA) is 62.4 Å². The molecule has 0 aliphatic carbocycles. The van der Waals surface area contributed by atoms with E-state index in [2.05, 4.69) is 31.9 Å². The van der Waals surface area contributed by atoms with Gasteiger partial charge in [-0.05, 0) is 80.7 Å². The Kier molecular flexibility index (Phi) is 7.43. The molecule has 0 fully saturated rings. The van der Waals surface area contributed by atoms with Crippen LogP contribution in [-0.2, 0) is 0 Å². The van der Waals surface area contributed by atoms with Crippen molar-refractivity contribution in [2.75, 3.05) is 10.6 Å². The van der Waals surface area contributed by atoms with Gasteiger partial charge >= 0.3 is 0 Å². The highest BCUT2D eigenvalue weighted by Crippen LogP contribution is 2.24. The lowest BCUT2D eigenvalue weighted by molar-refractivity contribution is 0.0972. The lowest BCUT2D eigenvalue weighted by Gasteiger charge is -2.15. The number of nitrogens with one attached hydrogen (secondary N) is 3. The van der Waals surface area contributed by atoms with Crippen molar-refractivity contribution in [2.24, 2.45) is 0 Å². The summed E-state index contributed by atoms with van der Waals surface area (Å²) >= 11 is 8.69. The summed E-state index contributed by atoms with van der Waals surface area (Å²) in [5, 5.41) is 9.26. The van der Waals surface area contributed by atoms with Gasteiger partial charge in [-0.15, -0.1) is 0 Å². The Morgan fingerprint density at radius 2 is 1.57 bits per heavy atom. The number of ether oxygens (including phenoxy) is 1. The molecule has 5 nitrogen and oxygen atoms in total. The van der Waals surface area contributed by atoms with E-state index in [0.29, 0.717) is 11.3 Å². The zero-order valence-corrected chi connectivity index (χ0v) is 19.0. The van der Waals surface area contributed by atoms with Crippen molar-refractivity contribution in [1.29, 1.82) is 0 Å². The summed E-state index contributed by atoms with van der Waals surface area (Å²) in [6.45, 7) is 3.82. The highest BCUT2D eigenvalue weighted by atomic mass is 79.9. The fourth-order valence-corrected chi connectivity index (χ4v) is 3.27. The molecule has 3 N–H and O–H groups in total. The SMILES string of the molecule is CC(C)Oc1ccc(Br)cc1C(=O)NC(=S)Nc1ccc(Nc2ccccc2)cc1. The predicted molar refractivity (Wildman–Crippen MR) is 130 cm³/mol. The first-order chi connectivity index (χ1) is 14.4. The smallest absolute Gasteiger partial charge is 0.261 e. The number of hydrogen-bond donors (Lipinski definition) is 3. The van der Waals surface area contributed by atoms with E-state index in [4.69, 9.17) is 17.0 Å². The van der Waals surface area contributed by atoms with Crippen LogP contribution in [0, 0.1) is 0 Å². The van der Waals surface area contributed by atoms with Gasteiger partial charge < -0.3 is 15.4 Å². The standard InChI is InChI=1S/C23H22BrN3O2S/c1-15(2)29-21-13-8-16(24)14-20(21)22(28)27-23(30)26-19-11-9-18(10-12-19)25-17-6-4-3-5-7-17/h3-15,25H,1-2H3,(H2,26,27,28,30). The third kappa shape index (κ3) is 6.30. The fourth-order valence-electron chi connectivity index (χ4n) is 2.69. The number of carbonyl (C=O) groups excluding carboxylic acids is 1. The Balaban J connectivity index is 1.61. The molecule has 3 aromatic carbocycles. The Labute approximate surface area is 190 Å². The Morgan fingerprint density at radius 3 is 2.23 bits per heavy atom. The number of rotatable bonds is 6. The Morgan fingerprint density at radius 1 is 0.933 bits per heavy atom. The molecule has 0 radical (unpaired) electrons. The molecule has 0 spiro atoms. The minimum absolute atomic E-state index is 0.0502. The molecular weight excluding hydrogens is 462 g/mol. The second-order valence-corrected chi connectivity index (χ2v) is 8.11. The molecule has 0 aliphatic rings. The first-order valence-corrected chi connectivity index (χ1v) is 10.6. The van der Waals surface area contributed by atoms with Gasteiger partial charge in [-0.2, -0.15) is 0 Å². The molecular formula is C23H22BrN3O2S. The van der Waals surface area contributed by atoms with E-state index in [-0.39, 0.29) is 17.1 Å². The number of benzene rings is 3. The van der Waals surface area contributed by atoms with Crippen molar-refractivity contribution >= 4 is 56.2 Å². The van der Waals surface area contributed by atoms with E-state index in [9.17, 15) is 4.79 Å². The van der Waals surface area contributed by atoms with E-state index in [0.717, 1.165) is 21.5 Å². The van der Waals surface area contributed by atoms with Gasteiger partial charge in [-0.25, -0.2) is 0 Å². The van der Waals surface area contributed by atoms with Gasteiger partial charge in [0.05, 0.1) is 11.7 Å². The molecule has 0 saturated heterocycles. The van der Waals surface area contributed by atoms with E-state index in [1.54, 1.807) is 12.1 Å². The number of carbonyl (C=O) groups is 1. The van der Waals surface area contributed by atoms with E-state index in [1.807, 2.05) is 74.5 Å². The molecule has 3 aromatic rings. The molecule has 0 saturated carbocycles. The molecule has 154 valence electrons. The zero-order chi connectivity index (χ0) is 21.5. The van der Waals surface area contributed by atoms with Crippen molar-refractivity contribution < 1.29 is 9.53 Å². The number of para-hydroxylation sites is 1. The average molecular weight is 484 g/mol. The van der Waals surface area contributed by atoms with Gasteiger partial charge in [0.1, 0.15) is 5.75 Å². The lowest BCUT2D eigenvalue weighted by Crippen LogP contribution is -2.34. The molecule has 0 bridgehead atoms. The second kappa shape index (κ2) is 10.2. The Hall–Kier alpha value is -2.90. The molecule has 30 heavy (non-hydrogen) atoms. The van der Waals surface area contributed by atoms with Crippen molar-refractivity contribution in [3.63, 3.8) is 0 Å². The van der Waals surface area contributed by atoms with Gasteiger partial charge in [-0.3, -0.25) is 10.1 Å². The zero-order valence-electron chi connectivity index (χ0n) is 16.6. The molecule has 0 unspecified atom stereocenters. The number of amides is 1. The largest absolute Gasteiger partial charge is 0.490 e. The van der Waals surface area contributed by atoms with E-state index >= 15 is 0 Å². The minimum atomic E-state index is -0.341. The molecule has 0 aliphatic heterocycles. The quantitative estimate of drug-likeness (QED) is 0.369. The highest BCUT2D eigenvalue weighted by molar-refractivity contribution is 9.10. The van der Waals surface area contributed by atoms with Gasteiger partial charge in [-0.1, -0.05) is 34.1 Å². The molecule has 3 rings (SSSR count). The van der Waals surface area contributed by atoms with Crippen molar-refractivity contribution in [2.45, 2.75) is 20.0 Å². The predicted octanol–water partition coefficient (Wildman–Crippen LogP) is 6.11. The van der Waals surface area contributed by atoms with Gasteiger partial charge in [0, 0.05) is 21.5 Å². The third-order valence-electron chi connectivity index (χ3n) is 3.98. The van der Waals surface area contributed by atoms with Gasteiger partial charge in [0.15, 0.2) is 5.11 Å². The van der Waals surface area contributed by atoms with Crippen LogP contribution in [0.2, 0.25) is 0 Å². The molecule has 7 heteroatoms. The first kappa shape index (κ1) is 21.8. The summed E-state index contributed by atoms with van der Waals surface area (Å²) in [5.41, 5.74) is 3.14. The van der Waals surface area contributed by atoms with Crippen molar-refractivity contribution in [3.05, 3.63) is 82.8 Å². The molecule has 1 amide bonds. The van der Waals surface area contributed by atoms with Crippen LogP contribution in [0.3, 0.4) is 0 Å². The summed E-state index contributed by atoms with van der Waals surface area (Å²) in [5.74, 6) is 0.164. The van der Waals surface area contributed by atoms with Crippen LogP contribution in [0.5, 0.6) is 5.75 Å². The van der Waals surface area contributed by atoms with Gasteiger partial charge in [0.2, 0.25) is 0 Å². The van der Waals surface area contributed by atoms with Crippen LogP contribution in [-0.4, -0.2) is 17.1 Å². The molecule has 0 atom stereocenters. The summed E-state index contributed by atoms with van der Waals surface area (Å²) in [6.07, 6.45) is -0.0502. The van der Waals surface area contributed by atoms with Gasteiger partial charge in [0.25, 0.3) is 5.91 Å². The summed E-state index contributed by atoms with van der Waals surface area (Å²) in [6, 6.07) is 22.8. The maximum absolute atomic E-state index is 12.7. The number of halogens is 1. The number of hydrogen-bond acceptors (Lipinski definition) is 4. The average Bonchev–Trinajstić information content (AvgIpc) is 2.71. The molecule has 0 heterocycles. The minimum Gasteiger partial charge on any atom is -0.490 e. The fraction of sp³-hybridized carbons (Fsp3) is 0.130. The van der Waals surface area contributed by atoms with Crippen LogP contribution in [0.4, 0.5) is 17.1 Å². The van der Waals surface area contributed by atoms with Crippen LogP contribution in [0.1, 0.15) is 24.2 Å². The first-order valence-electron chi connectivity index (χ1n) is 9.41. The lowest BCUT2D eigenvalue weighted by atomic mass is 10.2. The van der Waals surface area contributed by atoms with E-state index in [1.165, 1.54) is 0 Å². The monoisotopic (exact) mass is 483 g/mol. The summed E-state index contributed by atoms with van der Waals surface area (Å²) in [7, 11) is 0. The van der Waals surface area contributed by atoms with Crippen molar-refractivity contribution in [1.82, 2.24) is 5.32 Å². The van der Waals surface area contributed by atoms with Crippen LogP contribution in [0.25, 0.3) is 0 Å². The highest BCUT2D eigenvalue weighted by Gasteiger charge is 2.15. The van der Waals surface area contributed by atoms with Crippen LogP contribution < -0.4 is 20.7 Å². The number of thiocarbonyl (C=S) groups is 1. The maximum atomic E-state index is 12.7. The van der Waals surface area contributed by atoms with Crippen LogP contribution in [0.15, 0.2) is 77.3 Å². The van der Waals surface area contributed by atoms with Crippen molar-refractivity contribution in [3.8, 4) is 5.75 Å². The van der Waals surface area contributed by atoms with Crippen LogP contribution >= 0.6 is 28.1 Å². The summed E-state index contributed by atoms with van der Waals surface area (Å²) < 4.78 is 6.51. The second-order valence-electron chi connectivity index (χ2n) is 6.78. The summed E-state index contributed by atoms with van der Waals surface area (Å²) in [4.78, 5) is 12.7.